The molecule has 18 heavy (non-hydrogen) atoms. The average Bonchev–Trinajstić information content (AvgIpc) is 2.36. The molecule has 0 aliphatic heterocycles. The molecule has 0 heterocycles. The van der Waals surface area contributed by atoms with Gasteiger partial charge in [0.05, 0.1) is 12.5 Å². The molecule has 0 radical (unpaired) electrons. The zero-order chi connectivity index (χ0) is 13.5. The molecule has 0 bridgehead atoms. The van der Waals surface area contributed by atoms with Gasteiger partial charge in [-0.15, -0.1) is 0 Å². The quantitative estimate of drug-likeness (QED) is 0.782. The van der Waals surface area contributed by atoms with Crippen LogP contribution in [-0.4, -0.2) is 23.7 Å². The Balaban J connectivity index is 2.55. The molecule has 0 saturated heterocycles. The second kappa shape index (κ2) is 6.89. The lowest BCUT2D eigenvalue weighted by molar-refractivity contribution is -0.141. The van der Waals surface area contributed by atoms with E-state index in [2.05, 4.69) is 12.2 Å². The van der Waals surface area contributed by atoms with Crippen molar-refractivity contribution in [1.29, 1.82) is 0 Å². The fourth-order valence-corrected chi connectivity index (χ4v) is 1.47. The van der Waals surface area contributed by atoms with E-state index in [9.17, 15) is 4.79 Å². The largest absolute Gasteiger partial charge is 0.494 e. The van der Waals surface area contributed by atoms with Crippen molar-refractivity contribution in [3.8, 4) is 5.75 Å². The lowest BCUT2D eigenvalue weighted by Gasteiger charge is -2.19. The van der Waals surface area contributed by atoms with E-state index in [-0.39, 0.29) is 6.04 Å². The normalized spacial score (nSPS) is 13.7. The van der Waals surface area contributed by atoms with Crippen LogP contribution in [0, 0.1) is 5.92 Å². The Hall–Kier alpha value is -1.71. The SMILES string of the molecule is CCCOc1ccc(NC(C)C(C)C(=O)O)cc1. The van der Waals surface area contributed by atoms with E-state index < -0.39 is 11.9 Å². The van der Waals surface area contributed by atoms with Crippen molar-refractivity contribution >= 4 is 11.7 Å². The van der Waals surface area contributed by atoms with Crippen molar-refractivity contribution in [2.24, 2.45) is 5.92 Å². The van der Waals surface area contributed by atoms with Crippen molar-refractivity contribution in [2.45, 2.75) is 33.2 Å². The topological polar surface area (TPSA) is 58.6 Å². The molecule has 2 atom stereocenters. The van der Waals surface area contributed by atoms with Gasteiger partial charge in [0, 0.05) is 11.7 Å². The summed E-state index contributed by atoms with van der Waals surface area (Å²) in [6.45, 7) is 6.32. The molecule has 2 N–H and O–H groups in total. The Bertz CT molecular complexity index is 375. The van der Waals surface area contributed by atoms with Crippen LogP contribution in [-0.2, 0) is 4.79 Å². The Labute approximate surface area is 108 Å². The van der Waals surface area contributed by atoms with E-state index in [4.69, 9.17) is 9.84 Å². The van der Waals surface area contributed by atoms with Gasteiger partial charge < -0.3 is 15.2 Å². The summed E-state index contributed by atoms with van der Waals surface area (Å²) in [7, 11) is 0. The number of aliphatic carboxylic acids is 1. The van der Waals surface area contributed by atoms with Gasteiger partial charge in [0.2, 0.25) is 0 Å². The van der Waals surface area contributed by atoms with Crippen molar-refractivity contribution in [3.63, 3.8) is 0 Å². The zero-order valence-corrected chi connectivity index (χ0v) is 11.1. The maximum absolute atomic E-state index is 10.8. The molecule has 4 nitrogen and oxygen atoms in total. The second-order valence-corrected chi connectivity index (χ2v) is 4.43. The highest BCUT2D eigenvalue weighted by Crippen LogP contribution is 2.18. The Morgan fingerprint density at radius 3 is 2.44 bits per heavy atom. The molecule has 0 spiro atoms. The van der Waals surface area contributed by atoms with Gasteiger partial charge in [-0.05, 0) is 44.5 Å². The van der Waals surface area contributed by atoms with E-state index in [0.29, 0.717) is 6.61 Å². The molecular weight excluding hydrogens is 230 g/mol. The van der Waals surface area contributed by atoms with Crippen LogP contribution in [0.2, 0.25) is 0 Å². The monoisotopic (exact) mass is 251 g/mol. The van der Waals surface area contributed by atoms with Crippen LogP contribution < -0.4 is 10.1 Å². The van der Waals surface area contributed by atoms with Crippen LogP contribution >= 0.6 is 0 Å². The first-order chi connectivity index (χ1) is 8.54. The summed E-state index contributed by atoms with van der Waals surface area (Å²) < 4.78 is 5.48. The van der Waals surface area contributed by atoms with E-state index >= 15 is 0 Å². The summed E-state index contributed by atoms with van der Waals surface area (Å²) in [4.78, 5) is 10.8. The van der Waals surface area contributed by atoms with Crippen molar-refractivity contribution in [2.75, 3.05) is 11.9 Å². The number of carboxylic acid groups (broad SMARTS) is 1. The van der Waals surface area contributed by atoms with Gasteiger partial charge in [0.25, 0.3) is 0 Å². The van der Waals surface area contributed by atoms with Gasteiger partial charge in [-0.3, -0.25) is 4.79 Å². The van der Waals surface area contributed by atoms with Crippen LogP contribution in [0.3, 0.4) is 0 Å². The Morgan fingerprint density at radius 2 is 1.94 bits per heavy atom. The first kappa shape index (κ1) is 14.4. The van der Waals surface area contributed by atoms with E-state index in [0.717, 1.165) is 17.9 Å². The van der Waals surface area contributed by atoms with Gasteiger partial charge in [-0.25, -0.2) is 0 Å². The van der Waals surface area contributed by atoms with Gasteiger partial charge in [0.15, 0.2) is 0 Å². The van der Waals surface area contributed by atoms with Gasteiger partial charge in [-0.1, -0.05) is 6.92 Å². The van der Waals surface area contributed by atoms with Crippen LogP contribution in [0.15, 0.2) is 24.3 Å². The highest BCUT2D eigenvalue weighted by Gasteiger charge is 2.18. The third-order valence-corrected chi connectivity index (χ3v) is 2.86. The number of carbonyl (C=O) groups is 1. The van der Waals surface area contributed by atoms with Gasteiger partial charge in [0.1, 0.15) is 5.75 Å². The maximum Gasteiger partial charge on any atom is 0.308 e. The highest BCUT2D eigenvalue weighted by molar-refractivity contribution is 5.71. The molecule has 0 aliphatic carbocycles. The fourth-order valence-electron chi connectivity index (χ4n) is 1.47. The number of hydrogen-bond acceptors (Lipinski definition) is 3. The minimum atomic E-state index is -0.794. The number of ether oxygens (including phenoxy) is 1. The molecule has 0 aliphatic rings. The number of benzene rings is 1. The van der Waals surface area contributed by atoms with E-state index in [1.165, 1.54) is 0 Å². The summed E-state index contributed by atoms with van der Waals surface area (Å²) in [5, 5.41) is 12.1. The van der Waals surface area contributed by atoms with Crippen LogP contribution in [0.5, 0.6) is 5.75 Å². The van der Waals surface area contributed by atoms with Crippen LogP contribution in [0.1, 0.15) is 27.2 Å². The maximum atomic E-state index is 10.8. The molecule has 100 valence electrons. The third kappa shape index (κ3) is 4.28. The predicted molar refractivity (Wildman–Crippen MR) is 72.1 cm³/mol. The molecule has 0 aromatic heterocycles. The Morgan fingerprint density at radius 1 is 1.33 bits per heavy atom. The van der Waals surface area contributed by atoms with Gasteiger partial charge >= 0.3 is 5.97 Å². The number of nitrogens with one attached hydrogen (secondary N) is 1. The fraction of sp³-hybridized carbons (Fsp3) is 0.500. The molecule has 4 heteroatoms. The number of anilines is 1. The predicted octanol–water partition coefficient (Wildman–Crippen LogP) is 3.00. The number of rotatable bonds is 7. The molecule has 2 unspecified atom stereocenters. The van der Waals surface area contributed by atoms with E-state index in [1.807, 2.05) is 31.2 Å². The summed E-state index contributed by atoms with van der Waals surface area (Å²) in [6.07, 6.45) is 0.979. The summed E-state index contributed by atoms with van der Waals surface area (Å²) in [5.41, 5.74) is 0.902. The molecule has 1 rings (SSSR count). The first-order valence-electron chi connectivity index (χ1n) is 6.26. The van der Waals surface area contributed by atoms with Gasteiger partial charge in [-0.2, -0.15) is 0 Å². The lowest BCUT2D eigenvalue weighted by Crippen LogP contribution is -2.29. The molecule has 1 aromatic rings. The van der Waals surface area contributed by atoms with Crippen molar-refractivity contribution in [1.82, 2.24) is 0 Å². The van der Waals surface area contributed by atoms with E-state index in [1.54, 1.807) is 6.92 Å². The highest BCUT2D eigenvalue weighted by atomic mass is 16.5. The number of carboxylic acids is 1. The van der Waals surface area contributed by atoms with Crippen LogP contribution in [0.4, 0.5) is 5.69 Å². The third-order valence-electron chi connectivity index (χ3n) is 2.86. The van der Waals surface area contributed by atoms with Crippen molar-refractivity contribution < 1.29 is 14.6 Å². The lowest BCUT2D eigenvalue weighted by atomic mass is 10.0. The first-order valence-corrected chi connectivity index (χ1v) is 6.26. The minimum absolute atomic E-state index is 0.120. The zero-order valence-electron chi connectivity index (χ0n) is 11.1. The summed E-state index contributed by atoms with van der Waals surface area (Å²) in [6, 6.07) is 7.45. The molecule has 0 fully saturated rings. The standard InChI is InChI=1S/C14H21NO3/c1-4-9-18-13-7-5-12(6-8-13)15-11(3)10(2)14(16)17/h5-8,10-11,15H,4,9H2,1-3H3,(H,16,17). The summed E-state index contributed by atoms with van der Waals surface area (Å²) in [5.74, 6) is -0.389. The number of hydrogen-bond donors (Lipinski definition) is 2. The van der Waals surface area contributed by atoms with Crippen molar-refractivity contribution in [3.05, 3.63) is 24.3 Å². The molecule has 0 saturated carbocycles. The second-order valence-electron chi connectivity index (χ2n) is 4.43. The Kier molecular flexibility index (Phi) is 5.49. The smallest absolute Gasteiger partial charge is 0.308 e. The average molecular weight is 251 g/mol. The minimum Gasteiger partial charge on any atom is -0.494 e. The molecular formula is C14H21NO3. The summed E-state index contributed by atoms with van der Waals surface area (Å²) >= 11 is 0. The molecule has 1 aromatic carbocycles. The molecule has 0 amide bonds. The van der Waals surface area contributed by atoms with Crippen LogP contribution in [0.25, 0.3) is 0 Å².